The van der Waals surface area contributed by atoms with E-state index in [9.17, 15) is 0 Å². The first-order valence-corrected chi connectivity index (χ1v) is 9.21. The molecule has 0 aliphatic carbocycles. The van der Waals surface area contributed by atoms with Crippen molar-refractivity contribution in [3.8, 4) is 0 Å². The van der Waals surface area contributed by atoms with Gasteiger partial charge in [-0.25, -0.2) is 0 Å². The molecule has 2 fully saturated rings. The molecule has 0 aromatic heterocycles. The van der Waals surface area contributed by atoms with Crippen LogP contribution >= 0.6 is 0 Å². The molecular formula is C21H37NO3. The summed E-state index contributed by atoms with van der Waals surface area (Å²) >= 11 is 0. The maximum Gasteiger partial charge on any atom is 0.160 e. The Hall–Kier alpha value is -2.10. The van der Waals surface area contributed by atoms with Crippen LogP contribution in [0.4, 0.5) is 0 Å². The lowest BCUT2D eigenvalue weighted by atomic mass is 10.3. The van der Waals surface area contributed by atoms with E-state index in [1.54, 1.807) is 12.2 Å². The van der Waals surface area contributed by atoms with E-state index in [1.165, 1.54) is 0 Å². The van der Waals surface area contributed by atoms with E-state index >= 15 is 0 Å². The zero-order valence-electron chi connectivity index (χ0n) is 17.1. The summed E-state index contributed by atoms with van der Waals surface area (Å²) in [7, 11) is 0. The van der Waals surface area contributed by atoms with Crippen LogP contribution in [0.3, 0.4) is 0 Å². The molecule has 0 bridgehead atoms. The second-order valence-corrected chi connectivity index (χ2v) is 4.25. The Morgan fingerprint density at radius 3 is 1.72 bits per heavy atom. The number of nitrogens with one attached hydrogen (secondary N) is 1. The predicted molar refractivity (Wildman–Crippen MR) is 108 cm³/mol. The topological polar surface area (TPSA) is 39.7 Å². The van der Waals surface area contributed by atoms with Crippen molar-refractivity contribution >= 4 is 0 Å². The molecule has 0 amide bonds. The van der Waals surface area contributed by atoms with E-state index in [0.29, 0.717) is 13.2 Å². The van der Waals surface area contributed by atoms with Gasteiger partial charge in [-0.2, -0.15) is 0 Å². The molecule has 2 aliphatic rings. The second-order valence-electron chi connectivity index (χ2n) is 4.25. The maximum atomic E-state index is 5.36. The number of morpholine rings is 1. The van der Waals surface area contributed by atoms with Gasteiger partial charge < -0.3 is 19.5 Å². The van der Waals surface area contributed by atoms with Gasteiger partial charge in [-0.05, 0) is 39.0 Å². The Labute approximate surface area is 154 Å². The van der Waals surface area contributed by atoms with E-state index in [2.05, 4.69) is 11.9 Å². The zero-order valence-corrected chi connectivity index (χ0v) is 17.1. The highest BCUT2D eigenvalue weighted by Gasteiger charge is 2.11. The van der Waals surface area contributed by atoms with Crippen molar-refractivity contribution < 1.29 is 14.2 Å². The average Bonchev–Trinajstić information content (AvgIpc) is 2.72. The van der Waals surface area contributed by atoms with Crippen LogP contribution in [-0.2, 0) is 14.2 Å². The molecule has 0 unspecified atom stereocenters. The molecule has 144 valence electrons. The Morgan fingerprint density at radius 1 is 0.760 bits per heavy atom. The fourth-order valence-electron chi connectivity index (χ4n) is 1.90. The van der Waals surface area contributed by atoms with Crippen molar-refractivity contribution in [2.75, 3.05) is 26.4 Å². The SMILES string of the molecule is C/C=C1/NCCO/C1=C/C.C=C/C=C1/OCCO/C1=C/C.CC.CC. The van der Waals surface area contributed by atoms with Crippen molar-refractivity contribution in [2.45, 2.75) is 48.5 Å². The highest BCUT2D eigenvalue weighted by molar-refractivity contribution is 5.25. The zero-order chi connectivity index (χ0) is 19.5. The Morgan fingerprint density at radius 2 is 1.28 bits per heavy atom. The number of hydrogen-bond acceptors (Lipinski definition) is 4. The normalized spacial score (nSPS) is 21.7. The summed E-state index contributed by atoms with van der Waals surface area (Å²) < 4.78 is 16.0. The van der Waals surface area contributed by atoms with Crippen LogP contribution < -0.4 is 5.32 Å². The molecule has 25 heavy (non-hydrogen) atoms. The third-order valence-corrected chi connectivity index (χ3v) is 2.86. The van der Waals surface area contributed by atoms with Crippen molar-refractivity contribution in [2.24, 2.45) is 0 Å². The smallest absolute Gasteiger partial charge is 0.160 e. The third kappa shape index (κ3) is 10.4. The van der Waals surface area contributed by atoms with Gasteiger partial charge in [0.2, 0.25) is 0 Å². The number of ether oxygens (including phenoxy) is 3. The highest BCUT2D eigenvalue weighted by atomic mass is 16.6. The summed E-state index contributed by atoms with van der Waals surface area (Å²) in [6.07, 6.45) is 9.37. The molecule has 1 N–H and O–H groups in total. The minimum atomic E-state index is 0.622. The lowest BCUT2D eigenvalue weighted by Gasteiger charge is -2.20. The van der Waals surface area contributed by atoms with Gasteiger partial charge in [-0.3, -0.25) is 0 Å². The summed E-state index contributed by atoms with van der Waals surface area (Å²) in [6, 6.07) is 0. The average molecular weight is 352 g/mol. The van der Waals surface area contributed by atoms with Crippen molar-refractivity contribution in [1.82, 2.24) is 5.32 Å². The summed E-state index contributed by atoms with van der Waals surface area (Å²) in [4.78, 5) is 0. The predicted octanol–water partition coefficient (Wildman–Crippen LogP) is 5.47. The van der Waals surface area contributed by atoms with Crippen molar-refractivity contribution in [3.63, 3.8) is 0 Å². The van der Waals surface area contributed by atoms with Crippen LogP contribution in [0.1, 0.15) is 48.5 Å². The van der Waals surface area contributed by atoms with Crippen LogP contribution in [0, 0.1) is 0 Å². The van der Waals surface area contributed by atoms with Crippen LogP contribution in [-0.4, -0.2) is 26.4 Å². The summed E-state index contributed by atoms with van der Waals surface area (Å²) in [5, 5.41) is 3.24. The standard InChI is InChI=1S/C9H12O2.C8H13NO.2C2H6/c1-3-5-9-8(4-2)10-6-7-11-9;1-3-7-8(4-2)10-6-5-9-7;2*1-2/h3-5H,1,6-7H2,2H3;3-4,9H,5-6H2,1-2H3;2*1-2H3/b8-4+,9-5+;7-3+,8-4+;;. The number of allylic oxidation sites excluding steroid dienone is 5. The molecule has 2 rings (SSSR count). The molecule has 0 atom stereocenters. The molecule has 2 aliphatic heterocycles. The molecular weight excluding hydrogens is 314 g/mol. The van der Waals surface area contributed by atoms with Gasteiger partial charge in [-0.1, -0.05) is 46.4 Å². The van der Waals surface area contributed by atoms with Gasteiger partial charge in [-0.15, -0.1) is 0 Å². The minimum absolute atomic E-state index is 0.622. The lowest BCUT2D eigenvalue weighted by molar-refractivity contribution is 0.0594. The fourth-order valence-corrected chi connectivity index (χ4v) is 1.90. The minimum Gasteiger partial charge on any atom is -0.490 e. The largest absolute Gasteiger partial charge is 0.490 e. The molecule has 0 aromatic rings. The molecule has 2 saturated heterocycles. The lowest BCUT2D eigenvalue weighted by Crippen LogP contribution is -2.27. The van der Waals surface area contributed by atoms with Crippen molar-refractivity contribution in [3.05, 3.63) is 59.9 Å². The molecule has 4 nitrogen and oxygen atoms in total. The van der Waals surface area contributed by atoms with Gasteiger partial charge in [0.15, 0.2) is 11.5 Å². The van der Waals surface area contributed by atoms with Gasteiger partial charge in [0, 0.05) is 6.54 Å². The highest BCUT2D eigenvalue weighted by Crippen LogP contribution is 2.17. The van der Waals surface area contributed by atoms with Crippen LogP contribution in [0.5, 0.6) is 0 Å². The first-order valence-electron chi connectivity index (χ1n) is 9.21. The van der Waals surface area contributed by atoms with Crippen LogP contribution in [0.2, 0.25) is 0 Å². The maximum absolute atomic E-state index is 5.36. The van der Waals surface area contributed by atoms with Crippen LogP contribution in [0.15, 0.2) is 59.9 Å². The molecule has 2 heterocycles. The Balaban J connectivity index is 0. The van der Waals surface area contributed by atoms with Crippen molar-refractivity contribution in [1.29, 1.82) is 0 Å². The van der Waals surface area contributed by atoms with E-state index in [4.69, 9.17) is 14.2 Å². The van der Waals surface area contributed by atoms with Gasteiger partial charge in [0.1, 0.15) is 25.6 Å². The first-order chi connectivity index (χ1) is 12.3. The third-order valence-electron chi connectivity index (χ3n) is 2.86. The van der Waals surface area contributed by atoms with Gasteiger partial charge >= 0.3 is 0 Å². The summed E-state index contributed by atoms with van der Waals surface area (Å²) in [5.74, 6) is 2.54. The van der Waals surface area contributed by atoms with Gasteiger partial charge in [0.25, 0.3) is 0 Å². The molecule has 0 radical (unpaired) electrons. The molecule has 0 saturated carbocycles. The quantitative estimate of drug-likeness (QED) is 0.679. The van der Waals surface area contributed by atoms with E-state index < -0.39 is 0 Å². The molecule has 4 heteroatoms. The Bertz CT molecular complexity index is 440. The molecule has 0 aromatic carbocycles. The summed E-state index contributed by atoms with van der Waals surface area (Å²) in [5.41, 5.74) is 1.11. The number of rotatable bonds is 1. The summed E-state index contributed by atoms with van der Waals surface area (Å²) in [6.45, 7) is 20.4. The Kier molecular flexibility index (Phi) is 18.3. The number of hydrogen-bond donors (Lipinski definition) is 1. The molecule has 0 spiro atoms. The second kappa shape index (κ2) is 18.2. The van der Waals surface area contributed by atoms with E-state index in [1.807, 2.05) is 66.7 Å². The fraction of sp³-hybridized carbons (Fsp3) is 0.524. The van der Waals surface area contributed by atoms with Gasteiger partial charge in [0.05, 0.1) is 5.70 Å². The van der Waals surface area contributed by atoms with E-state index in [0.717, 1.165) is 36.1 Å². The first kappa shape index (κ1) is 25.1. The monoisotopic (exact) mass is 351 g/mol. The van der Waals surface area contributed by atoms with E-state index in [-0.39, 0.29) is 0 Å². The van der Waals surface area contributed by atoms with Crippen LogP contribution in [0.25, 0.3) is 0 Å².